The van der Waals surface area contributed by atoms with E-state index >= 15 is 0 Å². The number of carbonyl (C=O) groups is 2. The Morgan fingerprint density at radius 2 is 1.85 bits per heavy atom. The highest BCUT2D eigenvalue weighted by Crippen LogP contribution is 2.40. The van der Waals surface area contributed by atoms with Crippen LogP contribution in [0.5, 0.6) is 0 Å². The van der Waals surface area contributed by atoms with Gasteiger partial charge in [0.2, 0.25) is 0 Å². The van der Waals surface area contributed by atoms with Gasteiger partial charge in [0.1, 0.15) is 0 Å². The van der Waals surface area contributed by atoms with Crippen molar-refractivity contribution in [2.24, 2.45) is 4.99 Å². The Hall–Kier alpha value is -2.97. The first-order valence-electron chi connectivity index (χ1n) is 10.7. The van der Waals surface area contributed by atoms with E-state index in [1.807, 2.05) is 31.2 Å². The van der Waals surface area contributed by atoms with Crippen LogP contribution in [0.25, 0.3) is 0 Å². The van der Waals surface area contributed by atoms with Gasteiger partial charge in [0, 0.05) is 42.8 Å². The van der Waals surface area contributed by atoms with Gasteiger partial charge in [-0.25, -0.2) is 9.79 Å². The standard InChI is InChI=1S/C24H26ClN5O2S/c1-15-20(22(31)29(2)3)21(30-12-5-13-33-24(30)26-15)16-6-4-7-19(14-16)28-23(32)27-18-10-8-17(25)9-11-18/h4,6-11,14,21H,5,12-13H2,1-3H3,(H2,27,28,32)/t21-/m0/s1. The summed E-state index contributed by atoms with van der Waals surface area (Å²) in [5.74, 6) is 0.952. The lowest BCUT2D eigenvalue weighted by Gasteiger charge is -2.41. The van der Waals surface area contributed by atoms with E-state index in [1.165, 1.54) is 0 Å². The molecule has 0 radical (unpaired) electrons. The summed E-state index contributed by atoms with van der Waals surface area (Å²) in [7, 11) is 3.51. The number of amides is 3. The molecule has 172 valence electrons. The molecule has 2 heterocycles. The number of thioether (sulfide) groups is 1. The Labute approximate surface area is 202 Å². The number of fused-ring (bicyclic) bond motifs is 1. The third-order valence-corrected chi connectivity index (χ3v) is 6.79. The van der Waals surface area contributed by atoms with E-state index < -0.39 is 0 Å². The minimum absolute atomic E-state index is 0.0604. The Bertz CT molecular complexity index is 1130. The van der Waals surface area contributed by atoms with Crippen LogP contribution in [0.3, 0.4) is 0 Å². The number of urea groups is 1. The maximum absolute atomic E-state index is 13.1. The predicted molar refractivity (Wildman–Crippen MR) is 136 cm³/mol. The zero-order chi connectivity index (χ0) is 23.5. The number of nitrogens with one attached hydrogen (secondary N) is 2. The number of hydrogen-bond donors (Lipinski definition) is 2. The molecule has 2 N–H and O–H groups in total. The van der Waals surface area contributed by atoms with Gasteiger partial charge in [-0.2, -0.15) is 0 Å². The second-order valence-corrected chi connectivity index (χ2v) is 9.60. The predicted octanol–water partition coefficient (Wildman–Crippen LogP) is 5.20. The van der Waals surface area contributed by atoms with Crippen molar-refractivity contribution in [1.29, 1.82) is 0 Å². The molecule has 0 bridgehead atoms. The summed E-state index contributed by atoms with van der Waals surface area (Å²) < 4.78 is 0. The fraction of sp³-hybridized carbons (Fsp3) is 0.292. The topological polar surface area (TPSA) is 77.0 Å². The van der Waals surface area contributed by atoms with E-state index in [9.17, 15) is 9.59 Å². The van der Waals surface area contributed by atoms with Crippen LogP contribution in [0.1, 0.15) is 24.9 Å². The van der Waals surface area contributed by atoms with Gasteiger partial charge in [-0.3, -0.25) is 4.79 Å². The van der Waals surface area contributed by atoms with Crippen LogP contribution in [0.4, 0.5) is 16.2 Å². The molecule has 0 saturated carbocycles. The average molecular weight is 484 g/mol. The van der Waals surface area contributed by atoms with Gasteiger partial charge in [0.25, 0.3) is 5.91 Å². The molecule has 2 aromatic rings. The largest absolute Gasteiger partial charge is 0.345 e. The molecule has 33 heavy (non-hydrogen) atoms. The van der Waals surface area contributed by atoms with E-state index in [0.717, 1.165) is 35.1 Å². The summed E-state index contributed by atoms with van der Waals surface area (Å²) in [4.78, 5) is 34.2. The quantitative estimate of drug-likeness (QED) is 0.627. The molecular formula is C24H26ClN5O2S. The minimum atomic E-state index is -0.356. The molecule has 7 nitrogen and oxygen atoms in total. The molecule has 1 fully saturated rings. The number of halogens is 1. The maximum Gasteiger partial charge on any atom is 0.323 e. The second-order valence-electron chi connectivity index (χ2n) is 8.10. The monoisotopic (exact) mass is 483 g/mol. The van der Waals surface area contributed by atoms with Crippen LogP contribution in [0.15, 0.2) is 64.8 Å². The summed E-state index contributed by atoms with van der Waals surface area (Å²) in [5.41, 5.74) is 3.61. The van der Waals surface area contributed by atoms with E-state index in [4.69, 9.17) is 16.6 Å². The lowest BCUT2D eigenvalue weighted by Crippen LogP contribution is -2.43. The van der Waals surface area contributed by atoms with E-state index in [-0.39, 0.29) is 18.0 Å². The number of benzene rings is 2. The highest BCUT2D eigenvalue weighted by molar-refractivity contribution is 8.13. The van der Waals surface area contributed by atoms with Crippen molar-refractivity contribution in [3.8, 4) is 0 Å². The van der Waals surface area contributed by atoms with Crippen LogP contribution in [-0.4, -0.2) is 53.3 Å². The van der Waals surface area contributed by atoms with Gasteiger partial charge in [0.05, 0.1) is 17.3 Å². The first kappa shape index (κ1) is 23.2. The Kier molecular flexibility index (Phi) is 6.95. The molecule has 0 spiro atoms. The van der Waals surface area contributed by atoms with Crippen LogP contribution in [-0.2, 0) is 4.79 Å². The van der Waals surface area contributed by atoms with E-state index in [1.54, 1.807) is 55.0 Å². The average Bonchev–Trinajstić information content (AvgIpc) is 2.79. The third kappa shape index (κ3) is 5.17. The van der Waals surface area contributed by atoms with Crippen molar-refractivity contribution >= 4 is 51.8 Å². The molecule has 1 atom stereocenters. The molecule has 4 rings (SSSR count). The molecule has 9 heteroatoms. The Morgan fingerprint density at radius 3 is 2.58 bits per heavy atom. The van der Waals surface area contributed by atoms with Gasteiger partial charge >= 0.3 is 6.03 Å². The van der Waals surface area contributed by atoms with Gasteiger partial charge in [-0.05, 0) is 55.3 Å². The van der Waals surface area contributed by atoms with Crippen LogP contribution in [0.2, 0.25) is 5.02 Å². The summed E-state index contributed by atoms with van der Waals surface area (Å²) >= 11 is 7.62. The Morgan fingerprint density at radius 1 is 1.12 bits per heavy atom. The molecule has 3 amide bonds. The fourth-order valence-corrected chi connectivity index (χ4v) is 5.09. The number of carbonyl (C=O) groups excluding carboxylic acids is 2. The third-order valence-electron chi connectivity index (χ3n) is 5.46. The number of amidine groups is 1. The van der Waals surface area contributed by atoms with Crippen molar-refractivity contribution in [2.45, 2.75) is 19.4 Å². The number of anilines is 2. The lowest BCUT2D eigenvalue weighted by molar-refractivity contribution is -0.125. The van der Waals surface area contributed by atoms with Crippen LogP contribution < -0.4 is 10.6 Å². The van der Waals surface area contributed by atoms with E-state index in [2.05, 4.69) is 15.5 Å². The number of allylic oxidation sites excluding steroid dienone is 1. The van der Waals surface area contributed by atoms with Crippen molar-refractivity contribution in [3.63, 3.8) is 0 Å². The molecule has 2 aliphatic rings. The van der Waals surface area contributed by atoms with Crippen molar-refractivity contribution in [2.75, 3.05) is 37.0 Å². The van der Waals surface area contributed by atoms with Crippen LogP contribution >= 0.6 is 23.4 Å². The molecule has 0 unspecified atom stereocenters. The normalized spacial score (nSPS) is 17.8. The number of likely N-dealkylation sites (N-methyl/N-ethyl adjacent to an activating group) is 1. The lowest BCUT2D eigenvalue weighted by atomic mass is 9.93. The van der Waals surface area contributed by atoms with Gasteiger partial charge in [-0.15, -0.1) is 0 Å². The SMILES string of the molecule is CC1=C(C(=O)N(C)C)[C@H](c2cccc(NC(=O)Nc3ccc(Cl)cc3)c2)N2CCCSC2=N1. The number of hydrogen-bond acceptors (Lipinski definition) is 5. The zero-order valence-corrected chi connectivity index (χ0v) is 20.3. The first-order chi connectivity index (χ1) is 15.8. The molecular weight excluding hydrogens is 458 g/mol. The summed E-state index contributed by atoms with van der Waals surface area (Å²) in [6.07, 6.45) is 1.02. The minimum Gasteiger partial charge on any atom is -0.345 e. The number of rotatable bonds is 4. The maximum atomic E-state index is 13.1. The number of nitrogens with zero attached hydrogens (tertiary/aromatic N) is 3. The molecule has 1 saturated heterocycles. The molecule has 2 aliphatic heterocycles. The van der Waals surface area contributed by atoms with E-state index in [0.29, 0.717) is 22.0 Å². The highest BCUT2D eigenvalue weighted by Gasteiger charge is 2.37. The summed E-state index contributed by atoms with van der Waals surface area (Å²) in [6, 6.07) is 13.9. The number of aliphatic imine (C=N–C) groups is 1. The van der Waals surface area contributed by atoms with Crippen LogP contribution in [0, 0.1) is 0 Å². The first-order valence-corrected chi connectivity index (χ1v) is 12.0. The van der Waals surface area contributed by atoms with Gasteiger partial charge < -0.3 is 20.4 Å². The Balaban J connectivity index is 1.62. The van der Waals surface area contributed by atoms with Gasteiger partial charge in [0.15, 0.2) is 5.17 Å². The van der Waals surface area contributed by atoms with Gasteiger partial charge in [-0.1, -0.05) is 35.5 Å². The molecule has 0 aliphatic carbocycles. The van der Waals surface area contributed by atoms with Crippen molar-refractivity contribution < 1.29 is 9.59 Å². The molecule has 0 aromatic heterocycles. The van der Waals surface area contributed by atoms with Crippen molar-refractivity contribution in [1.82, 2.24) is 9.80 Å². The summed E-state index contributed by atoms with van der Waals surface area (Å²) in [5, 5.41) is 7.23. The summed E-state index contributed by atoms with van der Waals surface area (Å²) in [6.45, 7) is 2.72. The fourth-order valence-electron chi connectivity index (χ4n) is 3.94. The smallest absolute Gasteiger partial charge is 0.323 e. The van der Waals surface area contributed by atoms with Crippen molar-refractivity contribution in [3.05, 3.63) is 70.4 Å². The molecule has 2 aromatic carbocycles. The zero-order valence-electron chi connectivity index (χ0n) is 18.8. The second kappa shape index (κ2) is 9.89. The highest BCUT2D eigenvalue weighted by atomic mass is 35.5.